The van der Waals surface area contributed by atoms with Crippen molar-refractivity contribution in [2.75, 3.05) is 26.5 Å². The molecule has 0 spiro atoms. The first-order valence-corrected chi connectivity index (χ1v) is 15.5. The molecule has 0 unspecified atom stereocenters. The lowest BCUT2D eigenvalue weighted by atomic mass is 9.77. The van der Waals surface area contributed by atoms with E-state index in [0.717, 1.165) is 43.1 Å². The van der Waals surface area contributed by atoms with E-state index in [-0.39, 0.29) is 17.4 Å². The van der Waals surface area contributed by atoms with Gasteiger partial charge in [-0.05, 0) is 84.5 Å². The summed E-state index contributed by atoms with van der Waals surface area (Å²) in [6, 6.07) is 18.0. The zero-order chi connectivity index (χ0) is 28.4. The fourth-order valence-corrected chi connectivity index (χ4v) is 6.21. The van der Waals surface area contributed by atoms with Crippen molar-refractivity contribution in [1.82, 2.24) is 14.9 Å². The van der Waals surface area contributed by atoms with Gasteiger partial charge in [0.1, 0.15) is 11.6 Å². The lowest BCUT2D eigenvalue weighted by Crippen LogP contribution is -2.31. The molecule has 1 aliphatic rings. The Labute approximate surface area is 234 Å². The van der Waals surface area contributed by atoms with E-state index in [2.05, 4.69) is 22.1 Å². The lowest BCUT2D eigenvalue weighted by Gasteiger charge is -2.29. The van der Waals surface area contributed by atoms with Crippen LogP contribution in [0.25, 0.3) is 33.5 Å². The molecule has 1 amide bonds. The van der Waals surface area contributed by atoms with Crippen LogP contribution in [0.5, 0.6) is 0 Å². The first kappa shape index (κ1) is 28.0. The highest BCUT2D eigenvalue weighted by atomic mass is 32.2. The topological polar surface area (TPSA) is 103 Å². The molecule has 1 aliphatic carbocycles. The maximum absolute atomic E-state index is 15.2. The maximum Gasteiger partial charge on any atom is 0.222 e. The third kappa shape index (κ3) is 6.10. The third-order valence-electron chi connectivity index (χ3n) is 7.99. The average molecular weight is 564 g/mol. The minimum Gasteiger partial charge on any atom is -0.395 e. The Morgan fingerprint density at radius 1 is 1.02 bits per heavy atom. The maximum atomic E-state index is 15.2. The van der Waals surface area contributed by atoms with Crippen LogP contribution in [0.4, 0.5) is 4.39 Å². The van der Waals surface area contributed by atoms with E-state index in [0.29, 0.717) is 47.2 Å². The Morgan fingerprint density at radius 2 is 1.73 bits per heavy atom. The second-order valence-corrected chi connectivity index (χ2v) is 12.8. The van der Waals surface area contributed by atoms with Crippen molar-refractivity contribution in [3.05, 3.63) is 72.0 Å². The Bertz CT molecular complexity index is 1620. The Hall–Kier alpha value is -3.56. The molecule has 3 aromatic carbocycles. The summed E-state index contributed by atoms with van der Waals surface area (Å²) < 4.78 is 38.9. The highest BCUT2D eigenvalue weighted by molar-refractivity contribution is 7.90. The largest absolute Gasteiger partial charge is 0.395 e. The number of aromatic amines is 1. The Morgan fingerprint density at radius 3 is 2.38 bits per heavy atom. The molecule has 4 aromatic rings. The van der Waals surface area contributed by atoms with Crippen LogP contribution in [-0.2, 0) is 14.6 Å². The molecule has 0 radical (unpaired) electrons. The number of hydrogen-bond acceptors (Lipinski definition) is 5. The summed E-state index contributed by atoms with van der Waals surface area (Å²) in [6.45, 7) is 0.361. The van der Waals surface area contributed by atoms with Crippen LogP contribution in [0.3, 0.4) is 0 Å². The molecule has 2 N–H and O–H groups in total. The van der Waals surface area contributed by atoms with Gasteiger partial charge in [-0.3, -0.25) is 4.79 Å². The summed E-state index contributed by atoms with van der Waals surface area (Å²) in [4.78, 5) is 21.6. The number of carbonyl (C=O) groups excluding carboxylic acids is 1. The van der Waals surface area contributed by atoms with Gasteiger partial charge >= 0.3 is 0 Å². The number of nitrogens with one attached hydrogen (secondary N) is 1. The van der Waals surface area contributed by atoms with E-state index in [1.165, 1.54) is 23.8 Å². The fraction of sp³-hybridized carbons (Fsp3) is 0.355. The third-order valence-corrected chi connectivity index (χ3v) is 9.10. The summed E-state index contributed by atoms with van der Waals surface area (Å²) >= 11 is 0. The van der Waals surface area contributed by atoms with Gasteiger partial charge < -0.3 is 15.0 Å². The number of rotatable bonds is 8. The molecule has 5 rings (SSSR count). The lowest BCUT2D eigenvalue weighted by molar-refractivity contribution is -0.131. The zero-order valence-electron chi connectivity index (χ0n) is 22.7. The fourth-order valence-electron chi connectivity index (χ4n) is 5.56. The number of fused-ring (bicyclic) bond motifs is 1. The molecule has 210 valence electrons. The van der Waals surface area contributed by atoms with Crippen LogP contribution < -0.4 is 0 Å². The van der Waals surface area contributed by atoms with Gasteiger partial charge in [-0.2, -0.15) is 0 Å². The van der Waals surface area contributed by atoms with Crippen LogP contribution in [0.15, 0.2) is 65.6 Å². The first-order chi connectivity index (χ1) is 19.1. The van der Waals surface area contributed by atoms with E-state index in [9.17, 15) is 13.2 Å². The van der Waals surface area contributed by atoms with Crippen molar-refractivity contribution in [2.24, 2.45) is 5.92 Å². The van der Waals surface area contributed by atoms with Gasteiger partial charge in [0.2, 0.25) is 5.91 Å². The van der Waals surface area contributed by atoms with E-state index >= 15 is 4.39 Å². The smallest absolute Gasteiger partial charge is 0.222 e. The van der Waals surface area contributed by atoms with Crippen molar-refractivity contribution in [1.29, 1.82) is 0 Å². The van der Waals surface area contributed by atoms with E-state index in [4.69, 9.17) is 5.11 Å². The molecule has 0 bridgehead atoms. The monoisotopic (exact) mass is 563 g/mol. The van der Waals surface area contributed by atoms with Crippen molar-refractivity contribution < 1.29 is 22.7 Å². The molecule has 40 heavy (non-hydrogen) atoms. The van der Waals surface area contributed by atoms with E-state index in [1.807, 2.05) is 18.2 Å². The van der Waals surface area contributed by atoms with Crippen molar-refractivity contribution in [3.63, 3.8) is 0 Å². The van der Waals surface area contributed by atoms with Gasteiger partial charge in [0.05, 0.1) is 28.1 Å². The number of H-pyrrole nitrogens is 1. The number of likely N-dealkylation sites (N-methyl/N-ethyl adjacent to an activating group) is 1. The van der Waals surface area contributed by atoms with Gasteiger partial charge in [-0.25, -0.2) is 17.8 Å². The summed E-state index contributed by atoms with van der Waals surface area (Å²) in [6.07, 6.45) is 5.78. The van der Waals surface area contributed by atoms with Gasteiger partial charge in [0.25, 0.3) is 0 Å². The Kier molecular flexibility index (Phi) is 8.05. The quantitative estimate of drug-likeness (QED) is 0.292. The van der Waals surface area contributed by atoms with Crippen LogP contribution in [-0.4, -0.2) is 60.8 Å². The number of hydrogen-bond donors (Lipinski definition) is 2. The summed E-state index contributed by atoms with van der Waals surface area (Å²) in [5, 5.41) is 9.04. The zero-order valence-corrected chi connectivity index (χ0v) is 23.5. The van der Waals surface area contributed by atoms with Crippen LogP contribution >= 0.6 is 0 Å². The second-order valence-electron chi connectivity index (χ2n) is 10.8. The second kappa shape index (κ2) is 11.5. The minimum atomic E-state index is -3.36. The molecule has 7 nitrogen and oxygen atoms in total. The summed E-state index contributed by atoms with van der Waals surface area (Å²) in [7, 11) is -1.62. The molecule has 0 saturated heterocycles. The highest BCUT2D eigenvalue weighted by Gasteiger charge is 2.25. The highest BCUT2D eigenvalue weighted by Crippen LogP contribution is 2.38. The van der Waals surface area contributed by atoms with E-state index < -0.39 is 15.7 Å². The number of aromatic nitrogens is 2. The number of carbonyl (C=O) groups is 1. The molecule has 0 atom stereocenters. The van der Waals surface area contributed by atoms with Gasteiger partial charge in [-0.15, -0.1) is 0 Å². The molecule has 0 aliphatic heterocycles. The van der Waals surface area contributed by atoms with Gasteiger partial charge in [0.15, 0.2) is 9.84 Å². The number of sulfone groups is 1. The summed E-state index contributed by atoms with van der Waals surface area (Å²) in [5.74, 6) is 0.866. The molecule has 1 heterocycles. The van der Waals surface area contributed by atoms with Crippen molar-refractivity contribution >= 4 is 26.8 Å². The number of imidazole rings is 1. The number of benzene rings is 3. The number of aliphatic hydroxyl groups excluding tert-OH is 1. The van der Waals surface area contributed by atoms with E-state index in [1.54, 1.807) is 24.1 Å². The van der Waals surface area contributed by atoms with Crippen molar-refractivity contribution in [3.8, 4) is 22.5 Å². The predicted octanol–water partition coefficient (Wildman–Crippen LogP) is 5.55. The minimum absolute atomic E-state index is 0.0151. The number of amides is 1. The van der Waals surface area contributed by atoms with Gasteiger partial charge in [0, 0.05) is 26.3 Å². The number of nitrogens with zero attached hydrogens (tertiary/aromatic N) is 2. The number of halogens is 1. The molecular formula is C31H34FN3O4S. The van der Waals surface area contributed by atoms with Gasteiger partial charge in [-0.1, -0.05) is 30.3 Å². The predicted molar refractivity (Wildman–Crippen MR) is 154 cm³/mol. The molecule has 9 heteroatoms. The normalized spacial score (nSPS) is 17.7. The Balaban J connectivity index is 1.25. The molecule has 1 saturated carbocycles. The van der Waals surface area contributed by atoms with Crippen LogP contribution in [0.2, 0.25) is 0 Å². The molecule has 1 fully saturated rings. The van der Waals surface area contributed by atoms with Crippen molar-refractivity contribution in [2.45, 2.75) is 42.9 Å². The average Bonchev–Trinajstić information content (AvgIpc) is 3.36. The molecule has 1 aromatic heterocycles. The van der Waals surface area contributed by atoms with Crippen LogP contribution in [0.1, 0.15) is 43.6 Å². The molecular weight excluding hydrogens is 529 g/mol. The SMILES string of the molecule is CN(CCO)C(=O)CC1CCC(c2ccc(-c3ccc(-c4nc5ccc(S(C)(=O)=O)cc5[nH]4)c(F)c3)cc2)CC1. The number of aliphatic hydroxyl groups is 1. The standard InChI is InChI=1S/C31H34FN3O4S/c1-35(15-16-36)30(37)17-20-3-5-21(6-4-20)22-7-9-23(10-8-22)24-11-13-26(27(32)18-24)31-33-28-14-12-25(40(2,38)39)19-29(28)34-31/h7-14,18-21,36H,3-6,15-17H2,1-2H3,(H,33,34). The van der Waals surface area contributed by atoms with Crippen LogP contribution in [0, 0.1) is 11.7 Å². The first-order valence-electron chi connectivity index (χ1n) is 13.6. The summed E-state index contributed by atoms with van der Waals surface area (Å²) in [5.41, 5.74) is 4.36.